The first kappa shape index (κ1) is 24.8. The minimum atomic E-state index is -0.366. The number of aryl methyl sites for hydroxylation is 2. The van der Waals surface area contributed by atoms with Crippen molar-refractivity contribution in [2.24, 2.45) is 0 Å². The quantitative estimate of drug-likeness (QED) is 0.302. The van der Waals surface area contributed by atoms with E-state index in [1.54, 1.807) is 4.57 Å². The van der Waals surface area contributed by atoms with Gasteiger partial charge in [0.1, 0.15) is 4.83 Å². The molecule has 0 bridgehead atoms. The zero-order valence-electron chi connectivity index (χ0n) is 21.6. The van der Waals surface area contributed by atoms with Gasteiger partial charge >= 0.3 is 0 Å². The molecule has 10 heteroatoms. The Kier molecular flexibility index (Phi) is 6.13. The van der Waals surface area contributed by atoms with Crippen LogP contribution in [0, 0.1) is 13.8 Å². The number of hydrogen-bond donors (Lipinski definition) is 1. The van der Waals surface area contributed by atoms with Crippen molar-refractivity contribution in [2.45, 2.75) is 51.5 Å². The Labute approximate surface area is 227 Å². The predicted molar refractivity (Wildman–Crippen MR) is 152 cm³/mol. The van der Waals surface area contributed by atoms with Gasteiger partial charge in [0.05, 0.1) is 29.0 Å². The summed E-state index contributed by atoms with van der Waals surface area (Å²) in [5, 5.41) is 13.1. The number of thiophene rings is 1. The topological polar surface area (TPSA) is 90.5 Å². The molecule has 2 aromatic carbocycles. The standard InChI is InChI=1S/C28H27N5O3S2/c1-16-8-7-10-18(12-16)32-24(35)23-19-13-28(3,4)36-14-21(19)38-25(23)33-26(32)30-31-27(33)37-15-22(34)29-20-11-6-5-9-17(20)2/h5-12H,13-15H2,1-4H3,(H,29,34). The van der Waals surface area contributed by atoms with Gasteiger partial charge in [-0.25, -0.2) is 8.97 Å². The van der Waals surface area contributed by atoms with E-state index in [9.17, 15) is 9.59 Å². The zero-order chi connectivity index (χ0) is 26.6. The van der Waals surface area contributed by atoms with E-state index in [0.717, 1.165) is 37.8 Å². The third-order valence-electron chi connectivity index (χ3n) is 6.72. The molecule has 0 atom stereocenters. The predicted octanol–water partition coefficient (Wildman–Crippen LogP) is 5.29. The van der Waals surface area contributed by atoms with Crippen LogP contribution in [0.25, 0.3) is 21.7 Å². The Hall–Kier alpha value is -3.47. The number of carbonyl (C=O) groups is 1. The fourth-order valence-corrected chi connectivity index (χ4v) is 6.84. The largest absolute Gasteiger partial charge is 0.370 e. The smallest absolute Gasteiger partial charge is 0.268 e. The summed E-state index contributed by atoms with van der Waals surface area (Å²) in [6.07, 6.45) is 0.639. The maximum atomic E-state index is 14.1. The van der Waals surface area contributed by atoms with Crippen LogP contribution in [0.15, 0.2) is 58.5 Å². The number of aromatic nitrogens is 4. The number of rotatable bonds is 5. The number of benzene rings is 2. The zero-order valence-corrected chi connectivity index (χ0v) is 23.2. The van der Waals surface area contributed by atoms with Crippen LogP contribution in [0.1, 0.15) is 35.4 Å². The van der Waals surface area contributed by atoms with E-state index >= 15 is 0 Å². The molecule has 0 unspecified atom stereocenters. The highest BCUT2D eigenvalue weighted by molar-refractivity contribution is 7.99. The summed E-state index contributed by atoms with van der Waals surface area (Å²) >= 11 is 2.84. The van der Waals surface area contributed by atoms with Gasteiger partial charge in [-0.3, -0.25) is 9.59 Å². The van der Waals surface area contributed by atoms with Crippen molar-refractivity contribution in [1.82, 2.24) is 19.2 Å². The van der Waals surface area contributed by atoms with Crippen LogP contribution < -0.4 is 10.9 Å². The Morgan fingerprint density at radius 2 is 1.97 bits per heavy atom. The molecule has 194 valence electrons. The maximum absolute atomic E-state index is 14.1. The number of fused-ring (bicyclic) bond motifs is 5. The first-order valence-electron chi connectivity index (χ1n) is 12.4. The van der Waals surface area contributed by atoms with Crippen LogP contribution in [-0.4, -0.2) is 36.4 Å². The molecule has 0 saturated heterocycles. The van der Waals surface area contributed by atoms with Crippen LogP contribution in [0.5, 0.6) is 0 Å². The molecule has 6 rings (SSSR count). The first-order chi connectivity index (χ1) is 18.2. The van der Waals surface area contributed by atoms with E-state index < -0.39 is 0 Å². The molecule has 1 N–H and O–H groups in total. The van der Waals surface area contributed by atoms with Gasteiger partial charge in [-0.05, 0) is 62.6 Å². The van der Waals surface area contributed by atoms with Crippen LogP contribution in [0.3, 0.4) is 0 Å². The summed E-state index contributed by atoms with van der Waals surface area (Å²) in [6.45, 7) is 8.50. The number of hydrogen-bond acceptors (Lipinski definition) is 7. The Balaban J connectivity index is 1.48. The van der Waals surface area contributed by atoms with E-state index in [0.29, 0.717) is 29.3 Å². The molecule has 0 spiro atoms. The van der Waals surface area contributed by atoms with E-state index in [4.69, 9.17) is 4.74 Å². The van der Waals surface area contributed by atoms with Crippen molar-refractivity contribution in [3.05, 3.63) is 80.5 Å². The highest BCUT2D eigenvalue weighted by Gasteiger charge is 2.32. The van der Waals surface area contributed by atoms with E-state index in [1.807, 2.05) is 80.6 Å². The number of nitrogens with one attached hydrogen (secondary N) is 1. The van der Waals surface area contributed by atoms with E-state index in [-0.39, 0.29) is 22.8 Å². The van der Waals surface area contributed by atoms with Gasteiger partial charge in [0.15, 0.2) is 5.16 Å². The van der Waals surface area contributed by atoms with Crippen molar-refractivity contribution < 1.29 is 9.53 Å². The van der Waals surface area contributed by atoms with Gasteiger partial charge < -0.3 is 10.1 Å². The molecule has 38 heavy (non-hydrogen) atoms. The second-order valence-electron chi connectivity index (χ2n) is 10.2. The fraction of sp³-hybridized carbons (Fsp3) is 0.286. The number of anilines is 1. The van der Waals surface area contributed by atoms with E-state index in [1.165, 1.54) is 23.1 Å². The molecule has 4 heterocycles. The van der Waals surface area contributed by atoms with Gasteiger partial charge in [0, 0.05) is 17.0 Å². The molecule has 1 aliphatic rings. The van der Waals surface area contributed by atoms with Gasteiger partial charge in [-0.2, -0.15) is 0 Å². The highest BCUT2D eigenvalue weighted by Crippen LogP contribution is 2.39. The van der Waals surface area contributed by atoms with Crippen molar-refractivity contribution in [2.75, 3.05) is 11.1 Å². The van der Waals surface area contributed by atoms with Gasteiger partial charge in [0.25, 0.3) is 5.56 Å². The third kappa shape index (κ3) is 4.32. The van der Waals surface area contributed by atoms with Crippen molar-refractivity contribution in [3.8, 4) is 5.69 Å². The summed E-state index contributed by atoms with van der Waals surface area (Å²) < 4.78 is 9.62. The molecular weight excluding hydrogens is 518 g/mol. The SMILES string of the molecule is Cc1cccc(-n2c(=O)c3c4c(sc3n3c(SCC(=O)Nc5ccccc5C)nnc23)COC(C)(C)C4)c1. The number of para-hydroxylation sites is 1. The fourth-order valence-electron chi connectivity index (χ4n) is 4.83. The average molecular weight is 546 g/mol. The van der Waals surface area contributed by atoms with Gasteiger partial charge in [-0.1, -0.05) is 42.1 Å². The Morgan fingerprint density at radius 1 is 1.16 bits per heavy atom. The second-order valence-corrected chi connectivity index (χ2v) is 12.2. The Bertz CT molecular complexity index is 1780. The lowest BCUT2D eigenvalue weighted by atomic mass is 9.94. The van der Waals surface area contributed by atoms with Crippen molar-refractivity contribution >= 4 is 50.7 Å². The number of carbonyl (C=O) groups excluding carboxylic acids is 1. The molecule has 3 aromatic heterocycles. The number of amides is 1. The second kappa shape index (κ2) is 9.37. The molecule has 0 fully saturated rings. The molecule has 0 saturated carbocycles. The van der Waals surface area contributed by atoms with Crippen molar-refractivity contribution in [1.29, 1.82) is 0 Å². The summed E-state index contributed by atoms with van der Waals surface area (Å²) in [5.41, 5.74) is 4.09. The molecule has 0 radical (unpaired) electrons. The average Bonchev–Trinajstić information content (AvgIpc) is 3.45. The summed E-state index contributed by atoms with van der Waals surface area (Å²) in [6, 6.07) is 15.5. The first-order valence-corrected chi connectivity index (χ1v) is 14.2. The molecule has 1 aliphatic heterocycles. The highest BCUT2D eigenvalue weighted by atomic mass is 32.2. The third-order valence-corrected chi connectivity index (χ3v) is 8.84. The monoisotopic (exact) mass is 545 g/mol. The van der Waals surface area contributed by atoms with Gasteiger partial charge in [-0.15, -0.1) is 21.5 Å². The molecule has 8 nitrogen and oxygen atoms in total. The van der Waals surface area contributed by atoms with Crippen LogP contribution in [0.2, 0.25) is 0 Å². The minimum Gasteiger partial charge on any atom is -0.370 e. The molecule has 1 amide bonds. The summed E-state index contributed by atoms with van der Waals surface area (Å²) in [5.74, 6) is 0.445. The number of ether oxygens (including phenoxy) is 1. The number of thioether (sulfide) groups is 1. The molecule has 0 aliphatic carbocycles. The normalized spacial score (nSPS) is 14.6. The lowest BCUT2D eigenvalue weighted by Gasteiger charge is -2.29. The van der Waals surface area contributed by atoms with Crippen LogP contribution in [0.4, 0.5) is 5.69 Å². The summed E-state index contributed by atoms with van der Waals surface area (Å²) in [7, 11) is 0. The maximum Gasteiger partial charge on any atom is 0.268 e. The van der Waals surface area contributed by atoms with Crippen LogP contribution in [-0.2, 0) is 22.6 Å². The Morgan fingerprint density at radius 3 is 2.76 bits per heavy atom. The summed E-state index contributed by atoms with van der Waals surface area (Å²) in [4.78, 5) is 28.7. The van der Waals surface area contributed by atoms with Crippen LogP contribution >= 0.6 is 23.1 Å². The lowest BCUT2D eigenvalue weighted by molar-refractivity contribution is -0.113. The van der Waals surface area contributed by atoms with Crippen molar-refractivity contribution in [3.63, 3.8) is 0 Å². The minimum absolute atomic E-state index is 0.116. The number of nitrogens with zero attached hydrogens (tertiary/aromatic N) is 4. The molecule has 5 aromatic rings. The van der Waals surface area contributed by atoms with Gasteiger partial charge in [0.2, 0.25) is 11.7 Å². The molecular formula is C28H27N5O3S2. The lowest BCUT2D eigenvalue weighted by Crippen LogP contribution is -2.32. The van der Waals surface area contributed by atoms with E-state index in [2.05, 4.69) is 15.5 Å².